The second kappa shape index (κ2) is 13.9. The molecule has 0 heterocycles. The van der Waals surface area contributed by atoms with Crippen molar-refractivity contribution >= 4 is 16.5 Å². The maximum atomic E-state index is 4.99. The van der Waals surface area contributed by atoms with Gasteiger partial charge in [-0.15, -0.1) is 12.1 Å². The zero-order valence-corrected chi connectivity index (χ0v) is 21.5. The average molecular weight is 419 g/mol. The van der Waals surface area contributed by atoms with Crippen molar-refractivity contribution in [2.45, 2.75) is 91.3 Å². The summed E-state index contributed by atoms with van der Waals surface area (Å²) in [6, 6.07) is 3.96. The van der Waals surface area contributed by atoms with Crippen LogP contribution in [0.3, 0.4) is 0 Å². The van der Waals surface area contributed by atoms with Gasteiger partial charge in [0.15, 0.2) is 0 Å². The van der Waals surface area contributed by atoms with Gasteiger partial charge in [0.2, 0.25) is 0 Å². The first-order valence-electron chi connectivity index (χ1n) is 9.38. The van der Waals surface area contributed by atoms with Crippen LogP contribution >= 0.6 is 0 Å². The Labute approximate surface area is 166 Å². The predicted octanol–water partition coefficient (Wildman–Crippen LogP) is 6.31. The fraction of sp³-hybridized carbons (Fsp3) is 1.00. The van der Waals surface area contributed by atoms with Gasteiger partial charge >= 0.3 is 16.8 Å². The summed E-state index contributed by atoms with van der Waals surface area (Å²) < 4.78 is 0. The number of hydrogen-bond donors (Lipinski definition) is 0. The maximum absolute atomic E-state index is 4.99. The van der Waals surface area contributed by atoms with E-state index in [-0.39, 0.29) is 22.3 Å². The van der Waals surface area contributed by atoms with Crippen LogP contribution in [0.1, 0.15) is 48.0 Å². The summed E-state index contributed by atoms with van der Waals surface area (Å²) in [4.78, 5) is 11.9. The van der Waals surface area contributed by atoms with E-state index in [9.17, 15) is 0 Å². The van der Waals surface area contributed by atoms with Crippen LogP contribution in [0.15, 0.2) is 0 Å². The molecule has 148 valence electrons. The van der Waals surface area contributed by atoms with Gasteiger partial charge in [-0.1, -0.05) is 102 Å². The van der Waals surface area contributed by atoms with Gasteiger partial charge in [-0.05, 0) is 20.6 Å². The van der Waals surface area contributed by atoms with Crippen molar-refractivity contribution in [1.29, 1.82) is 0 Å². The van der Waals surface area contributed by atoms with E-state index in [1.54, 1.807) is 0 Å². The molecule has 3 nitrogen and oxygen atoms in total. The number of nitrogens with zero attached hydrogens (tertiary/aromatic N) is 3. The minimum absolute atomic E-state index is 0. The molecular weight excluding hydrogens is 373 g/mol. The number of hydrogen-bond acceptors (Lipinski definition) is 1. The topological polar surface area (TPSA) is 31.4 Å². The molecule has 6 heteroatoms. The largest absolute Gasteiger partial charge is 3.00 e. The van der Waals surface area contributed by atoms with Crippen LogP contribution < -0.4 is 0 Å². The molecule has 0 rings (SSSR count). The first-order chi connectivity index (χ1) is 10.3. The van der Waals surface area contributed by atoms with Gasteiger partial charge in [0.05, 0.1) is 0 Å². The van der Waals surface area contributed by atoms with Crippen LogP contribution in [0.4, 0.5) is 0 Å². The Morgan fingerprint density at radius 1 is 0.875 bits per heavy atom. The Morgan fingerprint density at radius 3 is 1.50 bits per heavy atom. The van der Waals surface area contributed by atoms with E-state index in [2.05, 4.69) is 85.2 Å². The maximum Gasteiger partial charge on any atom is 3.00 e. The van der Waals surface area contributed by atoms with Crippen LogP contribution in [-0.4, -0.2) is 54.1 Å². The minimum Gasteiger partial charge on any atom is -0.664 e. The second-order valence-electron chi connectivity index (χ2n) is 8.78. The van der Waals surface area contributed by atoms with Crippen molar-refractivity contribution in [3.05, 3.63) is 9.96 Å². The fourth-order valence-corrected chi connectivity index (χ4v) is 7.61. The smallest absolute Gasteiger partial charge is 0.664 e. The summed E-state index contributed by atoms with van der Waals surface area (Å²) in [5.41, 5.74) is 0.171. The molecule has 0 unspecified atom stereocenters. The standard InChI is InChI=1S/C11H27N2Si.C7H18NSi.Co/c1-6-14(7-2,8-3)12-10-9-11-13(4)5;1-7(2,3)8-9(4,5)6;/h6-11H2,1-5H3;1-6H3;/q2*-1;+3. The van der Waals surface area contributed by atoms with Gasteiger partial charge < -0.3 is 14.9 Å². The van der Waals surface area contributed by atoms with E-state index in [0.717, 1.165) is 6.54 Å². The Bertz CT molecular complexity index is 263. The Morgan fingerprint density at radius 2 is 1.29 bits per heavy atom. The molecular formula is C18H45CoN3Si2+. The summed E-state index contributed by atoms with van der Waals surface area (Å²) in [5.74, 6) is 0. The molecule has 0 bridgehead atoms. The Hall–Kier alpha value is 0.820. The van der Waals surface area contributed by atoms with Crippen LogP contribution in [0.2, 0.25) is 37.8 Å². The normalized spacial score (nSPS) is 12.5. The van der Waals surface area contributed by atoms with Crippen LogP contribution in [0.25, 0.3) is 9.96 Å². The van der Waals surface area contributed by atoms with Crippen LogP contribution in [-0.2, 0) is 16.8 Å². The molecule has 24 heavy (non-hydrogen) atoms. The molecule has 0 aliphatic carbocycles. The molecule has 0 atom stereocenters. The molecule has 0 saturated heterocycles. The Kier molecular flexibility index (Phi) is 17.2. The van der Waals surface area contributed by atoms with Gasteiger partial charge in [0, 0.05) is 0 Å². The van der Waals surface area contributed by atoms with Crippen molar-refractivity contribution in [2.24, 2.45) is 0 Å². The SMILES string of the molecule is CC(C)(C)[N-][Si](C)(C)C.CC[Si](CC)(CC)[N-]CCCN(C)C.[Co+3]. The molecule has 0 N–H and O–H groups in total. The van der Waals surface area contributed by atoms with Crippen molar-refractivity contribution in [1.82, 2.24) is 4.90 Å². The predicted molar refractivity (Wildman–Crippen MR) is 115 cm³/mol. The molecule has 0 aromatic heterocycles. The third kappa shape index (κ3) is 19.1. The van der Waals surface area contributed by atoms with Crippen molar-refractivity contribution < 1.29 is 16.8 Å². The van der Waals surface area contributed by atoms with Crippen molar-refractivity contribution in [2.75, 3.05) is 27.2 Å². The second-order valence-corrected chi connectivity index (χ2v) is 18.2. The van der Waals surface area contributed by atoms with E-state index in [1.165, 1.54) is 31.1 Å². The molecule has 0 aliphatic rings. The molecule has 0 spiro atoms. The molecule has 0 radical (unpaired) electrons. The molecule has 0 fully saturated rings. The fourth-order valence-electron chi connectivity index (χ4n) is 2.79. The monoisotopic (exact) mass is 418 g/mol. The van der Waals surface area contributed by atoms with Gasteiger partial charge in [0.25, 0.3) is 0 Å². The van der Waals surface area contributed by atoms with Gasteiger partial charge in [-0.25, -0.2) is 0 Å². The first-order valence-corrected chi connectivity index (χ1v) is 15.4. The molecule has 0 amide bonds. The third-order valence-electron chi connectivity index (χ3n) is 3.86. The van der Waals surface area contributed by atoms with E-state index in [1.807, 2.05) is 0 Å². The molecule has 0 aromatic carbocycles. The summed E-state index contributed by atoms with van der Waals surface area (Å²) in [5, 5.41) is 0. The van der Waals surface area contributed by atoms with E-state index >= 15 is 0 Å². The summed E-state index contributed by atoms with van der Waals surface area (Å²) in [6.07, 6.45) is 1.22. The Balaban J connectivity index is -0.000000385. The summed E-state index contributed by atoms with van der Waals surface area (Å²) in [6.45, 7) is 22.5. The minimum atomic E-state index is -1.18. The molecule has 0 aromatic rings. The summed E-state index contributed by atoms with van der Waals surface area (Å²) in [7, 11) is 1.91. The van der Waals surface area contributed by atoms with Crippen LogP contribution in [0, 0.1) is 0 Å². The van der Waals surface area contributed by atoms with Gasteiger partial charge in [-0.2, -0.15) is 0 Å². The zero-order chi connectivity index (χ0) is 18.7. The summed E-state index contributed by atoms with van der Waals surface area (Å²) >= 11 is 0. The zero-order valence-electron chi connectivity index (χ0n) is 18.4. The molecule has 0 aliphatic heterocycles. The quantitative estimate of drug-likeness (QED) is 0.319. The van der Waals surface area contributed by atoms with Crippen molar-refractivity contribution in [3.63, 3.8) is 0 Å². The van der Waals surface area contributed by atoms with E-state index < -0.39 is 16.5 Å². The van der Waals surface area contributed by atoms with Gasteiger partial charge in [-0.3, -0.25) is 0 Å². The van der Waals surface area contributed by atoms with Crippen LogP contribution in [0.5, 0.6) is 0 Å². The van der Waals surface area contributed by atoms with Gasteiger partial charge in [0.1, 0.15) is 0 Å². The van der Waals surface area contributed by atoms with Crippen molar-refractivity contribution in [3.8, 4) is 0 Å². The molecule has 0 saturated carbocycles. The van der Waals surface area contributed by atoms with E-state index in [4.69, 9.17) is 4.98 Å². The van der Waals surface area contributed by atoms with E-state index in [0.29, 0.717) is 0 Å². The third-order valence-corrected chi connectivity index (χ3v) is 10.0. The number of rotatable bonds is 9. The average Bonchev–Trinajstić information content (AvgIpc) is 2.36. The first kappa shape index (κ1) is 29.6.